The summed E-state index contributed by atoms with van der Waals surface area (Å²) in [5, 5.41) is 10.0. The molecule has 0 heterocycles. The number of aliphatic imine (C=N–C) groups is 1. The Labute approximate surface area is 167 Å². The Morgan fingerprint density at radius 2 is 1.67 bits per heavy atom. The minimum Gasteiger partial charge on any atom is -0.357 e. The fraction of sp³-hybridized carbons (Fsp3) is 0.529. The lowest BCUT2D eigenvalue weighted by Gasteiger charge is -2.18. The minimum atomic E-state index is -0.368. The quantitative estimate of drug-likeness (QED) is 0.261. The highest BCUT2D eigenvalue weighted by Crippen LogP contribution is 2.12. The molecule has 0 aliphatic rings. The van der Waals surface area contributed by atoms with Crippen LogP contribution in [0.3, 0.4) is 0 Å². The molecule has 0 atom stereocenters. The molecule has 0 bridgehead atoms. The van der Waals surface area contributed by atoms with Gasteiger partial charge in [-0.15, -0.1) is 24.0 Å². The maximum atomic E-state index is 11.8. The number of hydrogen-bond acceptors (Lipinski definition) is 2. The second-order valence-corrected chi connectivity index (χ2v) is 6.69. The van der Waals surface area contributed by atoms with Crippen molar-refractivity contribution in [3.05, 3.63) is 34.9 Å². The number of carbonyl (C=O) groups is 1. The van der Waals surface area contributed by atoms with E-state index in [1.165, 1.54) is 0 Å². The van der Waals surface area contributed by atoms with E-state index in [1.807, 2.05) is 52.0 Å². The molecule has 0 unspecified atom stereocenters. The summed E-state index contributed by atoms with van der Waals surface area (Å²) in [5.74, 6) is 0.773. The zero-order chi connectivity index (χ0) is 17.3. The Hall–Kier alpha value is -1.02. The summed E-state index contributed by atoms with van der Waals surface area (Å²) in [6, 6.07) is 7.63. The van der Waals surface area contributed by atoms with E-state index in [1.54, 1.807) is 0 Å². The number of nitrogens with one attached hydrogen (secondary N) is 3. The summed E-state index contributed by atoms with van der Waals surface area (Å²) in [6.45, 7) is 10.2. The third-order valence-electron chi connectivity index (χ3n) is 3.06. The van der Waals surface area contributed by atoms with Gasteiger partial charge in [0, 0.05) is 30.1 Å². The van der Waals surface area contributed by atoms with E-state index in [4.69, 9.17) is 11.6 Å². The predicted molar refractivity (Wildman–Crippen MR) is 112 cm³/mol. The third kappa shape index (κ3) is 9.32. The van der Waals surface area contributed by atoms with E-state index in [0.717, 1.165) is 23.1 Å². The lowest BCUT2D eigenvalue weighted by atomic mass is 9.96. The molecule has 1 amide bonds. The summed E-state index contributed by atoms with van der Waals surface area (Å²) < 4.78 is 0. The van der Waals surface area contributed by atoms with Gasteiger partial charge in [-0.2, -0.15) is 0 Å². The number of hydrogen-bond donors (Lipinski definition) is 3. The molecule has 0 aliphatic carbocycles. The van der Waals surface area contributed by atoms with Gasteiger partial charge in [-0.25, -0.2) is 4.99 Å². The fourth-order valence-corrected chi connectivity index (χ4v) is 1.85. The van der Waals surface area contributed by atoms with Gasteiger partial charge in [0.2, 0.25) is 5.91 Å². The first-order chi connectivity index (χ1) is 10.8. The number of rotatable bonds is 6. The molecule has 24 heavy (non-hydrogen) atoms. The van der Waals surface area contributed by atoms with Gasteiger partial charge in [-0.1, -0.05) is 44.5 Å². The van der Waals surface area contributed by atoms with Crippen LogP contribution in [0.2, 0.25) is 5.02 Å². The molecule has 5 nitrogen and oxygen atoms in total. The predicted octanol–water partition coefficient (Wildman–Crippen LogP) is 3.18. The van der Waals surface area contributed by atoms with E-state index in [9.17, 15) is 4.79 Å². The molecule has 0 radical (unpaired) electrons. The Balaban J connectivity index is 0.00000529. The highest BCUT2D eigenvalue weighted by molar-refractivity contribution is 14.0. The van der Waals surface area contributed by atoms with Crippen molar-refractivity contribution in [1.82, 2.24) is 16.0 Å². The molecule has 136 valence electrons. The average Bonchev–Trinajstić information content (AvgIpc) is 2.49. The van der Waals surface area contributed by atoms with Gasteiger partial charge >= 0.3 is 0 Å². The van der Waals surface area contributed by atoms with Gasteiger partial charge in [0.1, 0.15) is 0 Å². The normalized spacial score (nSPS) is 11.5. The van der Waals surface area contributed by atoms with Crippen molar-refractivity contribution >= 4 is 47.4 Å². The van der Waals surface area contributed by atoms with Crippen LogP contribution >= 0.6 is 35.6 Å². The molecule has 0 aromatic heterocycles. The van der Waals surface area contributed by atoms with Crippen LogP contribution < -0.4 is 16.0 Å². The average molecular weight is 467 g/mol. The van der Waals surface area contributed by atoms with E-state index < -0.39 is 0 Å². The molecule has 7 heteroatoms. The number of carbonyl (C=O) groups excluding carboxylic acids is 1. The second kappa shape index (κ2) is 11.5. The van der Waals surface area contributed by atoms with Crippen molar-refractivity contribution in [2.24, 2.45) is 10.4 Å². The maximum absolute atomic E-state index is 11.8. The first-order valence-corrected chi connectivity index (χ1v) is 8.25. The first kappa shape index (κ1) is 23.0. The smallest absolute Gasteiger partial charge is 0.225 e. The lowest BCUT2D eigenvalue weighted by Crippen LogP contribution is -2.43. The molecule has 0 spiro atoms. The molecule has 0 saturated heterocycles. The van der Waals surface area contributed by atoms with Gasteiger partial charge in [0.15, 0.2) is 5.96 Å². The Kier molecular flexibility index (Phi) is 11.0. The Bertz CT molecular complexity index is 526. The zero-order valence-corrected chi connectivity index (χ0v) is 17.9. The maximum Gasteiger partial charge on any atom is 0.225 e. The summed E-state index contributed by atoms with van der Waals surface area (Å²) in [6.07, 6.45) is 0. The van der Waals surface area contributed by atoms with Crippen LogP contribution in [0.5, 0.6) is 0 Å². The molecule has 1 aromatic carbocycles. The molecule has 0 fully saturated rings. The van der Waals surface area contributed by atoms with Crippen molar-refractivity contribution in [3.63, 3.8) is 0 Å². The molecular weight excluding hydrogens is 439 g/mol. The van der Waals surface area contributed by atoms with Crippen LogP contribution in [0, 0.1) is 5.41 Å². The van der Waals surface area contributed by atoms with Crippen molar-refractivity contribution in [2.45, 2.75) is 34.2 Å². The highest BCUT2D eigenvalue weighted by atomic mass is 127. The Morgan fingerprint density at radius 3 is 2.21 bits per heavy atom. The van der Waals surface area contributed by atoms with Crippen molar-refractivity contribution < 1.29 is 4.79 Å². The third-order valence-corrected chi connectivity index (χ3v) is 3.31. The van der Waals surface area contributed by atoms with Gasteiger partial charge in [0.05, 0.1) is 6.54 Å². The largest absolute Gasteiger partial charge is 0.357 e. The molecule has 1 rings (SSSR count). The first-order valence-electron chi connectivity index (χ1n) is 7.88. The van der Waals surface area contributed by atoms with Crippen LogP contribution in [-0.2, 0) is 11.3 Å². The number of guanidine groups is 1. The zero-order valence-electron chi connectivity index (χ0n) is 14.8. The fourth-order valence-electron chi connectivity index (χ4n) is 1.72. The van der Waals surface area contributed by atoms with Crippen molar-refractivity contribution in [2.75, 3.05) is 19.6 Å². The second-order valence-electron chi connectivity index (χ2n) is 6.25. The van der Waals surface area contributed by atoms with Crippen molar-refractivity contribution in [3.8, 4) is 0 Å². The lowest BCUT2D eigenvalue weighted by molar-refractivity contribution is -0.128. The molecule has 1 aromatic rings. The van der Waals surface area contributed by atoms with Gasteiger partial charge < -0.3 is 16.0 Å². The topological polar surface area (TPSA) is 65.5 Å². The van der Waals surface area contributed by atoms with Gasteiger partial charge in [-0.05, 0) is 24.6 Å². The molecular formula is C17H28ClIN4O. The number of halogens is 2. The highest BCUT2D eigenvalue weighted by Gasteiger charge is 2.20. The SMILES string of the molecule is CCNC(=NCc1ccc(Cl)cc1)NCCNC(=O)C(C)(C)C.I. The molecule has 3 N–H and O–H groups in total. The Morgan fingerprint density at radius 1 is 1.08 bits per heavy atom. The van der Waals surface area contributed by atoms with E-state index in [2.05, 4.69) is 20.9 Å². The van der Waals surface area contributed by atoms with Crippen LogP contribution in [0.25, 0.3) is 0 Å². The van der Waals surface area contributed by atoms with E-state index in [-0.39, 0.29) is 35.3 Å². The van der Waals surface area contributed by atoms with E-state index >= 15 is 0 Å². The number of nitrogens with zero attached hydrogens (tertiary/aromatic N) is 1. The van der Waals surface area contributed by atoms with Crippen LogP contribution in [-0.4, -0.2) is 31.5 Å². The summed E-state index contributed by atoms with van der Waals surface area (Å²) >= 11 is 5.87. The van der Waals surface area contributed by atoms with Gasteiger partial charge in [-0.3, -0.25) is 4.79 Å². The summed E-state index contributed by atoms with van der Waals surface area (Å²) in [7, 11) is 0. The summed E-state index contributed by atoms with van der Waals surface area (Å²) in [4.78, 5) is 16.3. The van der Waals surface area contributed by atoms with Crippen LogP contribution in [0.15, 0.2) is 29.3 Å². The van der Waals surface area contributed by atoms with Crippen LogP contribution in [0.4, 0.5) is 0 Å². The van der Waals surface area contributed by atoms with Gasteiger partial charge in [0.25, 0.3) is 0 Å². The minimum absolute atomic E-state index is 0. The standard InChI is InChI=1S/C17H27ClN4O.HI/c1-5-19-16(21-11-10-20-15(23)17(2,3)4)22-12-13-6-8-14(18)9-7-13;/h6-9H,5,10-12H2,1-4H3,(H,20,23)(H2,19,21,22);1H. The molecule has 0 saturated carbocycles. The number of amides is 1. The molecule has 0 aliphatic heterocycles. The monoisotopic (exact) mass is 466 g/mol. The number of benzene rings is 1. The van der Waals surface area contributed by atoms with Crippen LogP contribution in [0.1, 0.15) is 33.3 Å². The van der Waals surface area contributed by atoms with Crippen molar-refractivity contribution in [1.29, 1.82) is 0 Å². The summed E-state index contributed by atoms with van der Waals surface area (Å²) in [5.41, 5.74) is 0.723. The van der Waals surface area contributed by atoms with E-state index in [0.29, 0.717) is 19.6 Å².